The minimum absolute atomic E-state index is 0.267. The Kier molecular flexibility index (Phi) is 4.98. The van der Waals surface area contributed by atoms with E-state index in [0.717, 1.165) is 29.7 Å². The quantitative estimate of drug-likeness (QED) is 0.824. The Bertz CT molecular complexity index is 258. The van der Waals surface area contributed by atoms with Gasteiger partial charge in [0, 0.05) is 10.5 Å². The van der Waals surface area contributed by atoms with Crippen LogP contribution >= 0.6 is 15.9 Å². The summed E-state index contributed by atoms with van der Waals surface area (Å²) in [5, 5.41) is 0. The first-order valence-electron chi connectivity index (χ1n) is 4.82. The van der Waals surface area contributed by atoms with Crippen LogP contribution in [0.4, 0.5) is 0 Å². The Morgan fingerprint density at radius 2 is 2.00 bits per heavy atom. The molecule has 2 N–H and O–H groups in total. The van der Waals surface area contributed by atoms with E-state index in [2.05, 4.69) is 15.9 Å². The zero-order chi connectivity index (χ0) is 10.4. The van der Waals surface area contributed by atoms with Gasteiger partial charge < -0.3 is 10.5 Å². The van der Waals surface area contributed by atoms with Crippen LogP contribution in [0.3, 0.4) is 0 Å². The molecule has 0 saturated heterocycles. The molecule has 14 heavy (non-hydrogen) atoms. The number of rotatable bonds is 5. The highest BCUT2D eigenvalue weighted by Crippen LogP contribution is 2.16. The number of ether oxygens (including phenoxy) is 1. The number of nitrogens with two attached hydrogens (primary N) is 1. The molecule has 0 saturated carbocycles. The number of hydrogen-bond donors (Lipinski definition) is 1. The lowest BCUT2D eigenvalue weighted by Crippen LogP contribution is -2.15. The minimum Gasteiger partial charge on any atom is -0.494 e. The van der Waals surface area contributed by atoms with Crippen LogP contribution in [0.1, 0.15) is 19.8 Å². The second-order valence-electron chi connectivity index (χ2n) is 3.42. The Morgan fingerprint density at radius 1 is 1.36 bits per heavy atom. The van der Waals surface area contributed by atoms with E-state index in [4.69, 9.17) is 10.5 Å². The summed E-state index contributed by atoms with van der Waals surface area (Å²) in [6.45, 7) is 2.75. The lowest BCUT2D eigenvalue weighted by Gasteiger charge is -2.07. The zero-order valence-corrected chi connectivity index (χ0v) is 9.96. The SMILES string of the molecule is CC(N)CCCOc1ccc(Br)cc1. The summed E-state index contributed by atoms with van der Waals surface area (Å²) in [5.41, 5.74) is 5.63. The standard InChI is InChI=1S/C11H16BrNO/c1-9(13)3-2-8-14-11-6-4-10(12)5-7-11/h4-7,9H,2-3,8,13H2,1H3. The van der Waals surface area contributed by atoms with Gasteiger partial charge in [0.25, 0.3) is 0 Å². The Hall–Kier alpha value is -0.540. The molecule has 1 aromatic carbocycles. The number of hydrogen-bond acceptors (Lipinski definition) is 2. The molecule has 78 valence electrons. The lowest BCUT2D eigenvalue weighted by atomic mass is 10.2. The maximum atomic E-state index is 5.63. The van der Waals surface area contributed by atoms with E-state index in [1.54, 1.807) is 0 Å². The molecule has 0 amide bonds. The zero-order valence-electron chi connectivity index (χ0n) is 8.37. The molecular weight excluding hydrogens is 242 g/mol. The van der Waals surface area contributed by atoms with E-state index in [-0.39, 0.29) is 6.04 Å². The monoisotopic (exact) mass is 257 g/mol. The summed E-state index contributed by atoms with van der Waals surface area (Å²) in [6, 6.07) is 8.12. The Labute approximate surface area is 93.6 Å². The highest BCUT2D eigenvalue weighted by Gasteiger charge is 1.96. The maximum Gasteiger partial charge on any atom is 0.119 e. The van der Waals surface area contributed by atoms with Crippen molar-refractivity contribution < 1.29 is 4.74 Å². The van der Waals surface area contributed by atoms with Crippen molar-refractivity contribution in [2.45, 2.75) is 25.8 Å². The van der Waals surface area contributed by atoms with Crippen molar-refractivity contribution in [2.24, 2.45) is 5.73 Å². The summed E-state index contributed by atoms with van der Waals surface area (Å²) in [7, 11) is 0. The molecule has 0 aliphatic rings. The largest absolute Gasteiger partial charge is 0.494 e. The fourth-order valence-electron chi connectivity index (χ4n) is 1.13. The first-order valence-corrected chi connectivity index (χ1v) is 5.62. The van der Waals surface area contributed by atoms with Gasteiger partial charge in [0.2, 0.25) is 0 Å². The molecule has 1 aromatic rings. The van der Waals surface area contributed by atoms with Crippen LogP contribution in [0, 0.1) is 0 Å². The first-order chi connectivity index (χ1) is 6.68. The summed E-state index contributed by atoms with van der Waals surface area (Å²) < 4.78 is 6.60. The molecule has 1 atom stereocenters. The number of benzene rings is 1. The van der Waals surface area contributed by atoms with Crippen molar-refractivity contribution in [1.82, 2.24) is 0 Å². The van der Waals surface area contributed by atoms with E-state index < -0.39 is 0 Å². The van der Waals surface area contributed by atoms with Gasteiger partial charge in [-0.15, -0.1) is 0 Å². The normalized spacial score (nSPS) is 12.5. The van der Waals surface area contributed by atoms with E-state index in [0.29, 0.717) is 0 Å². The fraction of sp³-hybridized carbons (Fsp3) is 0.455. The molecule has 0 aliphatic heterocycles. The third-order valence-electron chi connectivity index (χ3n) is 1.89. The Balaban J connectivity index is 2.21. The molecule has 3 heteroatoms. The molecule has 0 aliphatic carbocycles. The summed E-state index contributed by atoms with van der Waals surface area (Å²) in [5.74, 6) is 0.915. The molecule has 0 aromatic heterocycles. The van der Waals surface area contributed by atoms with Crippen LogP contribution in [-0.4, -0.2) is 12.6 Å². The molecule has 0 fully saturated rings. The molecule has 0 heterocycles. The van der Waals surface area contributed by atoms with E-state index >= 15 is 0 Å². The van der Waals surface area contributed by atoms with Gasteiger partial charge in [0.05, 0.1) is 6.61 Å². The van der Waals surface area contributed by atoms with Crippen molar-refractivity contribution in [3.8, 4) is 5.75 Å². The maximum absolute atomic E-state index is 5.63. The van der Waals surface area contributed by atoms with Crippen molar-refractivity contribution >= 4 is 15.9 Å². The van der Waals surface area contributed by atoms with Gasteiger partial charge in [-0.2, -0.15) is 0 Å². The lowest BCUT2D eigenvalue weighted by molar-refractivity contribution is 0.303. The molecule has 0 radical (unpaired) electrons. The molecule has 0 bridgehead atoms. The third-order valence-corrected chi connectivity index (χ3v) is 2.41. The first kappa shape index (κ1) is 11.5. The summed E-state index contributed by atoms with van der Waals surface area (Å²) >= 11 is 3.37. The molecule has 0 spiro atoms. The van der Waals surface area contributed by atoms with Crippen LogP contribution in [0.15, 0.2) is 28.7 Å². The predicted molar refractivity (Wildman–Crippen MR) is 62.5 cm³/mol. The van der Waals surface area contributed by atoms with Gasteiger partial charge in [-0.05, 0) is 44.0 Å². The van der Waals surface area contributed by atoms with Gasteiger partial charge in [-0.1, -0.05) is 15.9 Å². The summed E-state index contributed by atoms with van der Waals surface area (Å²) in [4.78, 5) is 0. The molecular formula is C11H16BrNO. The minimum atomic E-state index is 0.267. The highest BCUT2D eigenvalue weighted by atomic mass is 79.9. The highest BCUT2D eigenvalue weighted by molar-refractivity contribution is 9.10. The summed E-state index contributed by atoms with van der Waals surface area (Å²) in [6.07, 6.45) is 2.02. The van der Waals surface area contributed by atoms with Gasteiger partial charge in [-0.3, -0.25) is 0 Å². The van der Waals surface area contributed by atoms with Crippen LogP contribution in [0.2, 0.25) is 0 Å². The number of halogens is 1. The van der Waals surface area contributed by atoms with Crippen LogP contribution < -0.4 is 10.5 Å². The smallest absolute Gasteiger partial charge is 0.119 e. The van der Waals surface area contributed by atoms with Crippen LogP contribution in [-0.2, 0) is 0 Å². The van der Waals surface area contributed by atoms with Gasteiger partial charge in [-0.25, -0.2) is 0 Å². The second kappa shape index (κ2) is 6.04. The Morgan fingerprint density at radius 3 is 2.57 bits per heavy atom. The predicted octanol–water partition coefficient (Wildman–Crippen LogP) is 2.96. The van der Waals surface area contributed by atoms with Crippen molar-refractivity contribution in [3.63, 3.8) is 0 Å². The molecule has 1 rings (SSSR count). The van der Waals surface area contributed by atoms with E-state index in [1.165, 1.54) is 0 Å². The van der Waals surface area contributed by atoms with Crippen molar-refractivity contribution in [1.29, 1.82) is 0 Å². The van der Waals surface area contributed by atoms with Gasteiger partial charge >= 0.3 is 0 Å². The van der Waals surface area contributed by atoms with Crippen LogP contribution in [0.25, 0.3) is 0 Å². The van der Waals surface area contributed by atoms with Crippen molar-refractivity contribution in [2.75, 3.05) is 6.61 Å². The van der Waals surface area contributed by atoms with Gasteiger partial charge in [0.1, 0.15) is 5.75 Å². The molecule has 2 nitrogen and oxygen atoms in total. The van der Waals surface area contributed by atoms with Crippen LogP contribution in [0.5, 0.6) is 5.75 Å². The van der Waals surface area contributed by atoms with E-state index in [1.807, 2.05) is 31.2 Å². The van der Waals surface area contributed by atoms with E-state index in [9.17, 15) is 0 Å². The average Bonchev–Trinajstić information content (AvgIpc) is 2.15. The van der Waals surface area contributed by atoms with Crippen molar-refractivity contribution in [3.05, 3.63) is 28.7 Å². The molecule has 1 unspecified atom stereocenters. The average molecular weight is 258 g/mol. The van der Waals surface area contributed by atoms with Gasteiger partial charge in [0.15, 0.2) is 0 Å². The third kappa shape index (κ3) is 4.63. The second-order valence-corrected chi connectivity index (χ2v) is 4.34. The fourth-order valence-corrected chi connectivity index (χ4v) is 1.39. The topological polar surface area (TPSA) is 35.2 Å².